The number of amides is 2. The van der Waals surface area contributed by atoms with Crippen molar-refractivity contribution < 1.29 is 19.1 Å². The molecule has 0 bridgehead atoms. The third-order valence-corrected chi connectivity index (χ3v) is 7.07. The van der Waals surface area contributed by atoms with Crippen molar-refractivity contribution in [2.75, 3.05) is 13.2 Å². The van der Waals surface area contributed by atoms with Gasteiger partial charge in [0.1, 0.15) is 6.61 Å². The second-order valence-corrected chi connectivity index (χ2v) is 10.5. The van der Waals surface area contributed by atoms with Crippen LogP contribution in [0.2, 0.25) is 20.1 Å². The lowest BCUT2D eigenvalue weighted by molar-refractivity contribution is -0.120. The van der Waals surface area contributed by atoms with Crippen molar-refractivity contribution in [3.8, 4) is 11.5 Å². The number of nitrogens with one attached hydrogen (secondary N) is 2. The first-order chi connectivity index (χ1) is 18.2. The molecule has 3 aromatic carbocycles. The molecule has 0 aliphatic rings. The van der Waals surface area contributed by atoms with Crippen molar-refractivity contribution in [3.63, 3.8) is 0 Å². The van der Waals surface area contributed by atoms with Crippen molar-refractivity contribution in [2.24, 2.45) is 5.10 Å². The molecule has 0 heterocycles. The Bertz CT molecular complexity index is 1350. The van der Waals surface area contributed by atoms with Gasteiger partial charge in [-0.15, -0.1) is 0 Å². The van der Waals surface area contributed by atoms with E-state index >= 15 is 0 Å². The Balaban J connectivity index is 1.55. The van der Waals surface area contributed by atoms with E-state index in [4.69, 9.17) is 55.9 Å². The molecule has 0 saturated carbocycles. The number of carbonyl (C=O) groups is 2. The van der Waals surface area contributed by atoms with E-state index in [-0.39, 0.29) is 36.4 Å². The van der Waals surface area contributed by atoms with E-state index in [1.807, 2.05) is 13.0 Å². The lowest BCUT2D eigenvalue weighted by Crippen LogP contribution is -2.29. The average Bonchev–Trinajstić information content (AvgIpc) is 2.86. The number of halogens is 5. The Labute approximate surface area is 253 Å². The van der Waals surface area contributed by atoms with E-state index in [9.17, 15) is 9.59 Å². The van der Waals surface area contributed by atoms with Gasteiger partial charge < -0.3 is 14.8 Å². The zero-order valence-corrected chi connectivity index (χ0v) is 25.2. The highest BCUT2D eigenvalue weighted by molar-refractivity contribution is 14.1. The minimum absolute atomic E-state index is 0.0339. The summed E-state index contributed by atoms with van der Waals surface area (Å²) in [7, 11) is 0. The maximum absolute atomic E-state index is 12.2. The summed E-state index contributed by atoms with van der Waals surface area (Å²) in [5.74, 6) is 0.369. The number of rotatable bonds is 11. The van der Waals surface area contributed by atoms with Crippen LogP contribution in [0.1, 0.15) is 34.8 Å². The lowest BCUT2D eigenvalue weighted by atomic mass is 10.2. The molecule has 0 aliphatic carbocycles. The van der Waals surface area contributed by atoms with Crippen LogP contribution in [0, 0.1) is 3.57 Å². The first-order valence-corrected chi connectivity index (χ1v) is 13.8. The van der Waals surface area contributed by atoms with Crippen molar-refractivity contribution in [1.82, 2.24) is 10.7 Å². The molecule has 3 rings (SSSR count). The van der Waals surface area contributed by atoms with Crippen molar-refractivity contribution in [3.05, 3.63) is 88.9 Å². The van der Waals surface area contributed by atoms with E-state index in [1.165, 1.54) is 18.3 Å². The summed E-state index contributed by atoms with van der Waals surface area (Å²) in [5, 5.41) is 8.35. The molecular formula is C26H22Cl4IN3O4. The number of nitrogens with zero attached hydrogens (tertiary/aromatic N) is 1. The van der Waals surface area contributed by atoms with Gasteiger partial charge in [0.15, 0.2) is 11.5 Å². The average molecular weight is 709 g/mol. The molecule has 0 radical (unpaired) electrons. The topological polar surface area (TPSA) is 89.0 Å². The highest BCUT2D eigenvalue weighted by Crippen LogP contribution is 2.35. The predicted molar refractivity (Wildman–Crippen MR) is 160 cm³/mol. The molecule has 200 valence electrons. The van der Waals surface area contributed by atoms with Gasteiger partial charge in [0.25, 0.3) is 5.91 Å². The first-order valence-electron chi connectivity index (χ1n) is 11.3. The number of hydrogen-bond donors (Lipinski definition) is 2. The van der Waals surface area contributed by atoms with E-state index in [2.05, 4.69) is 38.4 Å². The fraction of sp³-hybridized carbons (Fsp3) is 0.192. The minimum atomic E-state index is -0.366. The van der Waals surface area contributed by atoms with Gasteiger partial charge in [-0.3, -0.25) is 9.59 Å². The largest absolute Gasteiger partial charge is 0.490 e. The van der Waals surface area contributed by atoms with Crippen LogP contribution in [0.25, 0.3) is 0 Å². The number of ether oxygens (including phenoxy) is 2. The molecule has 0 fully saturated rings. The normalized spacial score (nSPS) is 10.9. The highest BCUT2D eigenvalue weighted by Gasteiger charge is 2.14. The van der Waals surface area contributed by atoms with Crippen LogP contribution in [-0.4, -0.2) is 31.2 Å². The van der Waals surface area contributed by atoms with E-state index in [1.54, 1.807) is 30.3 Å². The molecule has 2 amide bonds. The number of benzene rings is 3. The van der Waals surface area contributed by atoms with Crippen LogP contribution >= 0.6 is 69.0 Å². The van der Waals surface area contributed by atoms with Gasteiger partial charge in [-0.1, -0.05) is 52.5 Å². The second-order valence-electron chi connectivity index (χ2n) is 7.72. The molecule has 0 aromatic heterocycles. The van der Waals surface area contributed by atoms with E-state index < -0.39 is 0 Å². The standard InChI is InChI=1S/C26H22Cl4IN3O4/c1-2-37-23-10-15(9-22(31)25(23)38-14-17-3-5-18(27)12-20(17)29)13-33-34-24(35)7-8-32-26(36)16-4-6-19(28)21(30)11-16/h3-6,9-13H,2,7-8,14H2,1H3,(H,32,36)(H,34,35). The van der Waals surface area contributed by atoms with Gasteiger partial charge >= 0.3 is 0 Å². The van der Waals surface area contributed by atoms with Crippen LogP contribution in [-0.2, 0) is 11.4 Å². The minimum Gasteiger partial charge on any atom is -0.490 e. The molecule has 12 heteroatoms. The Morgan fingerprint density at radius 3 is 2.47 bits per heavy atom. The molecular weight excluding hydrogens is 687 g/mol. The molecule has 3 aromatic rings. The molecule has 0 saturated heterocycles. The van der Waals surface area contributed by atoms with Crippen LogP contribution in [0.4, 0.5) is 0 Å². The van der Waals surface area contributed by atoms with Crippen LogP contribution in [0.3, 0.4) is 0 Å². The zero-order chi connectivity index (χ0) is 27.7. The van der Waals surface area contributed by atoms with Gasteiger partial charge in [-0.25, -0.2) is 5.43 Å². The summed E-state index contributed by atoms with van der Waals surface area (Å²) in [5.41, 5.74) is 4.28. The zero-order valence-electron chi connectivity index (χ0n) is 20.0. The van der Waals surface area contributed by atoms with Crippen molar-refractivity contribution >= 4 is 87.0 Å². The van der Waals surface area contributed by atoms with E-state index in [0.717, 1.165) is 9.13 Å². The molecule has 0 unspecified atom stereocenters. The SMILES string of the molecule is CCOc1cc(C=NNC(=O)CCNC(=O)c2ccc(Cl)c(Cl)c2)cc(I)c1OCc1ccc(Cl)cc1Cl. The summed E-state index contributed by atoms with van der Waals surface area (Å²) < 4.78 is 12.6. The monoisotopic (exact) mass is 707 g/mol. The fourth-order valence-corrected chi connectivity index (χ4v) is 4.66. The summed E-state index contributed by atoms with van der Waals surface area (Å²) in [6.45, 7) is 2.65. The van der Waals surface area contributed by atoms with Crippen molar-refractivity contribution in [1.29, 1.82) is 0 Å². The summed E-state index contributed by atoms with van der Waals surface area (Å²) >= 11 is 26.1. The van der Waals surface area contributed by atoms with Gasteiger partial charge in [0, 0.05) is 34.1 Å². The number of hydrogen-bond acceptors (Lipinski definition) is 5. The third-order valence-electron chi connectivity index (χ3n) is 4.94. The van der Waals surface area contributed by atoms with Gasteiger partial charge in [0.2, 0.25) is 5.91 Å². The van der Waals surface area contributed by atoms with Crippen LogP contribution in [0.5, 0.6) is 11.5 Å². The van der Waals surface area contributed by atoms with Crippen LogP contribution in [0.15, 0.2) is 53.6 Å². The maximum Gasteiger partial charge on any atom is 0.251 e. The van der Waals surface area contributed by atoms with Gasteiger partial charge in [-0.05, 0) is 77.5 Å². The maximum atomic E-state index is 12.2. The summed E-state index contributed by atoms with van der Waals surface area (Å²) in [4.78, 5) is 24.3. The molecule has 2 N–H and O–H groups in total. The molecule has 0 aliphatic heterocycles. The summed E-state index contributed by atoms with van der Waals surface area (Å²) in [6, 6.07) is 13.4. The Morgan fingerprint density at radius 1 is 0.974 bits per heavy atom. The number of carbonyl (C=O) groups excluding carboxylic acids is 2. The Morgan fingerprint density at radius 2 is 1.76 bits per heavy atom. The predicted octanol–water partition coefficient (Wildman–Crippen LogP) is 7.15. The second kappa shape index (κ2) is 14.8. The first kappa shape index (κ1) is 30.3. The smallest absolute Gasteiger partial charge is 0.251 e. The van der Waals surface area contributed by atoms with Gasteiger partial charge in [0.05, 0.1) is 26.4 Å². The quantitative estimate of drug-likeness (QED) is 0.126. The van der Waals surface area contributed by atoms with Crippen molar-refractivity contribution in [2.45, 2.75) is 20.0 Å². The molecule has 0 atom stereocenters. The number of hydrazone groups is 1. The molecule has 0 spiro atoms. The van der Waals surface area contributed by atoms with Crippen LogP contribution < -0.4 is 20.2 Å². The molecule has 7 nitrogen and oxygen atoms in total. The lowest BCUT2D eigenvalue weighted by Gasteiger charge is -2.15. The van der Waals surface area contributed by atoms with E-state index in [0.29, 0.717) is 44.3 Å². The third kappa shape index (κ3) is 8.91. The van der Waals surface area contributed by atoms with Gasteiger partial charge in [-0.2, -0.15) is 5.10 Å². The Kier molecular flexibility index (Phi) is 11.8. The highest BCUT2D eigenvalue weighted by atomic mass is 127. The Hall–Kier alpha value is -2.24. The summed E-state index contributed by atoms with van der Waals surface area (Å²) in [6.07, 6.45) is 1.53. The molecule has 38 heavy (non-hydrogen) atoms. The fourth-order valence-electron chi connectivity index (χ4n) is 3.12.